The molecule has 0 spiro atoms. The van der Waals surface area contributed by atoms with E-state index < -0.39 is 0 Å². The Morgan fingerprint density at radius 2 is 2.40 bits per heavy atom. The van der Waals surface area contributed by atoms with E-state index in [1.165, 1.54) is 0 Å². The van der Waals surface area contributed by atoms with Crippen molar-refractivity contribution in [1.82, 2.24) is 9.97 Å². The highest BCUT2D eigenvalue weighted by atomic mass is 79.9. The topological polar surface area (TPSA) is 49.2 Å². The van der Waals surface area contributed by atoms with Crippen LogP contribution in [0.5, 0.6) is 0 Å². The van der Waals surface area contributed by atoms with Crippen molar-refractivity contribution >= 4 is 21.9 Å². The van der Waals surface area contributed by atoms with E-state index in [1.807, 2.05) is 11.8 Å². The summed E-state index contributed by atoms with van der Waals surface area (Å²) in [7, 11) is 0. The van der Waals surface area contributed by atoms with Gasteiger partial charge in [0.15, 0.2) is 0 Å². The first-order chi connectivity index (χ1) is 7.16. The predicted octanol–water partition coefficient (Wildman–Crippen LogP) is 1.51. The second kappa shape index (κ2) is 4.45. The Morgan fingerprint density at radius 3 is 3.07 bits per heavy atom. The van der Waals surface area contributed by atoms with Gasteiger partial charge in [0, 0.05) is 19.3 Å². The predicted molar refractivity (Wildman–Crippen MR) is 61.9 cm³/mol. The van der Waals surface area contributed by atoms with Crippen molar-refractivity contribution in [3.05, 3.63) is 16.4 Å². The summed E-state index contributed by atoms with van der Waals surface area (Å²) >= 11 is 3.37. The van der Waals surface area contributed by atoms with Gasteiger partial charge in [-0.3, -0.25) is 0 Å². The lowest BCUT2D eigenvalue weighted by atomic mass is 10.1. The zero-order chi connectivity index (χ0) is 10.8. The molecule has 0 aromatic carbocycles. The molecule has 1 aliphatic heterocycles. The SMILES string of the molecule is Cc1nc(N2CCC[C@H](O)C2)ncc1Br. The fourth-order valence-corrected chi connectivity index (χ4v) is 1.92. The van der Waals surface area contributed by atoms with Crippen molar-refractivity contribution in [2.45, 2.75) is 25.9 Å². The van der Waals surface area contributed by atoms with E-state index in [-0.39, 0.29) is 6.10 Å². The summed E-state index contributed by atoms with van der Waals surface area (Å²) in [6.07, 6.45) is 3.40. The quantitative estimate of drug-likeness (QED) is 0.841. The van der Waals surface area contributed by atoms with Crippen molar-refractivity contribution < 1.29 is 5.11 Å². The van der Waals surface area contributed by atoms with E-state index in [0.717, 1.165) is 35.5 Å². The number of aryl methyl sites for hydroxylation is 1. The molecule has 2 rings (SSSR count). The maximum absolute atomic E-state index is 9.56. The second-order valence-corrected chi connectivity index (χ2v) is 4.70. The van der Waals surface area contributed by atoms with Crippen LogP contribution in [0.3, 0.4) is 0 Å². The van der Waals surface area contributed by atoms with Crippen LogP contribution in [0.4, 0.5) is 5.95 Å². The lowest BCUT2D eigenvalue weighted by Gasteiger charge is -2.30. The summed E-state index contributed by atoms with van der Waals surface area (Å²) in [5.74, 6) is 0.717. The zero-order valence-electron chi connectivity index (χ0n) is 8.65. The van der Waals surface area contributed by atoms with Crippen LogP contribution in [0.15, 0.2) is 10.7 Å². The third kappa shape index (κ3) is 2.46. The van der Waals surface area contributed by atoms with Gasteiger partial charge in [-0.1, -0.05) is 0 Å². The van der Waals surface area contributed by atoms with Crippen LogP contribution in [0, 0.1) is 6.92 Å². The van der Waals surface area contributed by atoms with Gasteiger partial charge in [-0.05, 0) is 35.7 Å². The maximum Gasteiger partial charge on any atom is 0.225 e. The molecule has 1 aromatic heterocycles. The van der Waals surface area contributed by atoms with Crippen LogP contribution in [-0.4, -0.2) is 34.3 Å². The smallest absolute Gasteiger partial charge is 0.225 e. The van der Waals surface area contributed by atoms with Crippen LogP contribution in [0.2, 0.25) is 0 Å². The third-order valence-corrected chi connectivity index (χ3v) is 3.36. The molecule has 5 heteroatoms. The summed E-state index contributed by atoms with van der Waals surface area (Å²) in [5.41, 5.74) is 0.931. The summed E-state index contributed by atoms with van der Waals surface area (Å²) in [6.45, 7) is 3.51. The number of β-amino-alcohol motifs (C(OH)–C–C–N with tert-alkyl or cyclic N) is 1. The van der Waals surface area contributed by atoms with Crippen LogP contribution in [0.1, 0.15) is 18.5 Å². The number of aliphatic hydroxyl groups is 1. The molecule has 0 aliphatic carbocycles. The normalized spacial score (nSPS) is 21.8. The van der Waals surface area contributed by atoms with Crippen LogP contribution in [0.25, 0.3) is 0 Å². The standard InChI is InChI=1S/C10H14BrN3O/c1-7-9(11)5-12-10(13-7)14-4-2-3-8(15)6-14/h5,8,15H,2-4,6H2,1H3/t8-/m0/s1. The van der Waals surface area contributed by atoms with Crippen LogP contribution < -0.4 is 4.90 Å². The first kappa shape index (κ1) is 10.8. The second-order valence-electron chi connectivity index (χ2n) is 3.85. The summed E-state index contributed by atoms with van der Waals surface area (Å²) in [6, 6.07) is 0. The zero-order valence-corrected chi connectivity index (χ0v) is 10.2. The fraction of sp³-hybridized carbons (Fsp3) is 0.600. The lowest BCUT2D eigenvalue weighted by Crippen LogP contribution is -2.39. The molecule has 4 nitrogen and oxygen atoms in total. The molecule has 0 radical (unpaired) electrons. The Balaban J connectivity index is 2.18. The highest BCUT2D eigenvalue weighted by Crippen LogP contribution is 2.19. The van der Waals surface area contributed by atoms with E-state index in [2.05, 4.69) is 25.9 Å². The average Bonchev–Trinajstić information content (AvgIpc) is 2.22. The molecule has 0 unspecified atom stereocenters. The minimum atomic E-state index is -0.244. The van der Waals surface area contributed by atoms with Gasteiger partial charge in [0.2, 0.25) is 5.95 Å². The number of piperidine rings is 1. The molecule has 1 atom stereocenters. The molecule has 1 saturated heterocycles. The van der Waals surface area contributed by atoms with Crippen molar-refractivity contribution in [3.63, 3.8) is 0 Å². The van der Waals surface area contributed by atoms with E-state index >= 15 is 0 Å². The maximum atomic E-state index is 9.56. The largest absolute Gasteiger partial charge is 0.391 e. The Labute approximate surface area is 97.5 Å². The Hall–Kier alpha value is -0.680. The number of hydrogen-bond donors (Lipinski definition) is 1. The molecule has 2 heterocycles. The van der Waals surface area contributed by atoms with Crippen molar-refractivity contribution in [1.29, 1.82) is 0 Å². The van der Waals surface area contributed by atoms with Crippen molar-refractivity contribution in [2.24, 2.45) is 0 Å². The van der Waals surface area contributed by atoms with Gasteiger partial charge in [0.05, 0.1) is 16.3 Å². The van der Waals surface area contributed by atoms with E-state index in [9.17, 15) is 5.11 Å². The minimum Gasteiger partial charge on any atom is -0.391 e. The monoisotopic (exact) mass is 271 g/mol. The number of aromatic nitrogens is 2. The number of rotatable bonds is 1. The number of halogens is 1. The first-order valence-electron chi connectivity index (χ1n) is 5.09. The molecule has 0 saturated carbocycles. The highest BCUT2D eigenvalue weighted by molar-refractivity contribution is 9.10. The van der Waals surface area contributed by atoms with Crippen LogP contribution in [-0.2, 0) is 0 Å². The van der Waals surface area contributed by atoms with Gasteiger partial charge in [-0.25, -0.2) is 9.97 Å². The molecule has 0 bridgehead atoms. The van der Waals surface area contributed by atoms with Gasteiger partial charge in [-0.15, -0.1) is 0 Å². The van der Waals surface area contributed by atoms with Crippen molar-refractivity contribution in [3.8, 4) is 0 Å². The van der Waals surface area contributed by atoms with E-state index in [0.29, 0.717) is 6.54 Å². The van der Waals surface area contributed by atoms with Gasteiger partial charge in [0.25, 0.3) is 0 Å². The average molecular weight is 272 g/mol. The van der Waals surface area contributed by atoms with Gasteiger partial charge in [0.1, 0.15) is 0 Å². The van der Waals surface area contributed by atoms with Gasteiger partial charge in [-0.2, -0.15) is 0 Å². The number of aliphatic hydroxyl groups excluding tert-OH is 1. The fourth-order valence-electron chi connectivity index (χ4n) is 1.73. The number of anilines is 1. The minimum absolute atomic E-state index is 0.244. The van der Waals surface area contributed by atoms with E-state index in [4.69, 9.17) is 0 Å². The Morgan fingerprint density at radius 1 is 1.60 bits per heavy atom. The molecule has 0 amide bonds. The Bertz CT molecular complexity index is 359. The Kier molecular flexibility index (Phi) is 3.21. The van der Waals surface area contributed by atoms with Crippen LogP contribution >= 0.6 is 15.9 Å². The molecule has 1 aliphatic rings. The molecular formula is C10H14BrN3O. The van der Waals surface area contributed by atoms with Gasteiger partial charge < -0.3 is 10.0 Å². The highest BCUT2D eigenvalue weighted by Gasteiger charge is 2.19. The third-order valence-electron chi connectivity index (χ3n) is 2.59. The molecular weight excluding hydrogens is 258 g/mol. The number of nitrogens with zero attached hydrogens (tertiary/aromatic N) is 3. The summed E-state index contributed by atoms with van der Waals surface area (Å²) in [4.78, 5) is 10.7. The lowest BCUT2D eigenvalue weighted by molar-refractivity contribution is 0.153. The van der Waals surface area contributed by atoms with E-state index in [1.54, 1.807) is 6.20 Å². The number of hydrogen-bond acceptors (Lipinski definition) is 4. The molecule has 1 aromatic rings. The molecule has 82 valence electrons. The van der Waals surface area contributed by atoms with Crippen molar-refractivity contribution in [2.75, 3.05) is 18.0 Å². The first-order valence-corrected chi connectivity index (χ1v) is 5.88. The summed E-state index contributed by atoms with van der Waals surface area (Å²) in [5, 5.41) is 9.56. The molecule has 1 fully saturated rings. The molecule has 1 N–H and O–H groups in total. The molecule has 15 heavy (non-hydrogen) atoms. The van der Waals surface area contributed by atoms with Gasteiger partial charge >= 0.3 is 0 Å². The summed E-state index contributed by atoms with van der Waals surface area (Å²) < 4.78 is 0.920.